The third-order valence-corrected chi connectivity index (χ3v) is 9.11. The standard InChI is InChI=1S/C31H31N3O4S/c1-2-39(37,38)26-13-7-22(8-14-26)21-30(35)33-25-11-9-23(10-12-25)24-16-19-34(20-17-24)31(36)28-15-18-32-29-6-4-3-5-27(28)29/h3-15,18,24H,2,16-17,19-21H2,1H3,(H,33,35). The van der Waals surface area contributed by atoms with E-state index < -0.39 is 9.84 Å². The third-order valence-electron chi connectivity index (χ3n) is 7.35. The SMILES string of the molecule is CCS(=O)(=O)c1ccc(CC(=O)Nc2ccc(C3CCN(C(=O)c4ccnc5ccccc45)CC3)cc2)cc1. The molecule has 0 bridgehead atoms. The van der Waals surface area contributed by atoms with Crippen molar-refractivity contribution in [2.45, 2.75) is 37.0 Å². The largest absolute Gasteiger partial charge is 0.339 e. The first-order valence-corrected chi connectivity index (χ1v) is 14.8. The maximum Gasteiger partial charge on any atom is 0.254 e. The van der Waals surface area contributed by atoms with Crippen molar-refractivity contribution in [3.05, 3.63) is 102 Å². The zero-order valence-electron chi connectivity index (χ0n) is 21.8. The molecule has 1 fully saturated rings. The molecule has 0 radical (unpaired) electrons. The number of piperidine rings is 1. The molecule has 3 aromatic carbocycles. The van der Waals surface area contributed by atoms with Crippen LogP contribution in [0.4, 0.5) is 5.69 Å². The minimum Gasteiger partial charge on any atom is -0.339 e. The van der Waals surface area contributed by atoms with Crippen LogP contribution in [-0.4, -0.2) is 49.0 Å². The van der Waals surface area contributed by atoms with Gasteiger partial charge >= 0.3 is 0 Å². The highest BCUT2D eigenvalue weighted by Gasteiger charge is 2.25. The van der Waals surface area contributed by atoms with Gasteiger partial charge in [-0.15, -0.1) is 0 Å². The Hall–Kier alpha value is -4.04. The van der Waals surface area contributed by atoms with Crippen LogP contribution in [0.25, 0.3) is 10.9 Å². The van der Waals surface area contributed by atoms with Crippen LogP contribution in [0.2, 0.25) is 0 Å². The topological polar surface area (TPSA) is 96.4 Å². The van der Waals surface area contributed by atoms with E-state index >= 15 is 0 Å². The minimum atomic E-state index is -3.26. The van der Waals surface area contributed by atoms with E-state index in [9.17, 15) is 18.0 Å². The number of hydrogen-bond acceptors (Lipinski definition) is 5. The number of benzene rings is 3. The number of pyridine rings is 1. The Balaban J connectivity index is 1.15. The van der Waals surface area contributed by atoms with Crippen molar-refractivity contribution in [2.24, 2.45) is 0 Å². The lowest BCUT2D eigenvalue weighted by molar-refractivity contribution is -0.115. The van der Waals surface area contributed by atoms with E-state index in [1.54, 1.807) is 43.5 Å². The van der Waals surface area contributed by atoms with Crippen molar-refractivity contribution >= 4 is 38.2 Å². The van der Waals surface area contributed by atoms with E-state index in [2.05, 4.69) is 10.3 Å². The number of likely N-dealkylation sites (tertiary alicyclic amines) is 1. The predicted octanol–water partition coefficient (Wildman–Crippen LogP) is 5.23. The van der Waals surface area contributed by atoms with E-state index in [0.717, 1.165) is 29.3 Å². The number of sulfone groups is 1. The van der Waals surface area contributed by atoms with Gasteiger partial charge in [0.05, 0.1) is 28.1 Å². The molecule has 200 valence electrons. The van der Waals surface area contributed by atoms with Gasteiger partial charge in [-0.05, 0) is 66.3 Å². The number of aromatic nitrogens is 1. The molecule has 0 spiro atoms. The van der Waals surface area contributed by atoms with Gasteiger partial charge in [-0.3, -0.25) is 14.6 Å². The molecule has 2 amide bonds. The second-order valence-electron chi connectivity index (χ2n) is 9.84. The number of carbonyl (C=O) groups is 2. The number of rotatable bonds is 7. The molecule has 1 N–H and O–H groups in total. The van der Waals surface area contributed by atoms with Crippen molar-refractivity contribution in [1.29, 1.82) is 0 Å². The van der Waals surface area contributed by atoms with Gasteiger partial charge in [-0.25, -0.2) is 8.42 Å². The second-order valence-corrected chi connectivity index (χ2v) is 12.1. The Morgan fingerprint density at radius 3 is 2.31 bits per heavy atom. The van der Waals surface area contributed by atoms with E-state index in [0.29, 0.717) is 30.3 Å². The summed E-state index contributed by atoms with van der Waals surface area (Å²) in [5, 5.41) is 3.80. The van der Waals surface area contributed by atoms with Crippen LogP contribution < -0.4 is 5.32 Å². The van der Waals surface area contributed by atoms with Crippen LogP contribution in [-0.2, 0) is 21.1 Å². The van der Waals surface area contributed by atoms with Crippen molar-refractivity contribution in [2.75, 3.05) is 24.2 Å². The Bertz CT molecular complexity index is 1590. The van der Waals surface area contributed by atoms with Gasteiger partial charge in [0, 0.05) is 30.4 Å². The third kappa shape index (κ3) is 6.01. The monoisotopic (exact) mass is 541 g/mol. The fourth-order valence-electron chi connectivity index (χ4n) is 5.08. The van der Waals surface area contributed by atoms with Gasteiger partial charge in [-0.2, -0.15) is 0 Å². The van der Waals surface area contributed by atoms with Gasteiger partial charge in [0.15, 0.2) is 9.84 Å². The zero-order chi connectivity index (χ0) is 27.4. The molecular formula is C31H31N3O4S. The summed E-state index contributed by atoms with van der Waals surface area (Å²) in [5.41, 5.74) is 4.18. The summed E-state index contributed by atoms with van der Waals surface area (Å²) < 4.78 is 23.9. The van der Waals surface area contributed by atoms with E-state index in [1.807, 2.05) is 53.4 Å². The average Bonchev–Trinajstić information content (AvgIpc) is 2.97. The first-order valence-electron chi connectivity index (χ1n) is 13.2. The second kappa shape index (κ2) is 11.4. The Morgan fingerprint density at radius 2 is 1.62 bits per heavy atom. The van der Waals surface area contributed by atoms with Gasteiger partial charge in [0.25, 0.3) is 5.91 Å². The number of fused-ring (bicyclic) bond motifs is 1. The molecular weight excluding hydrogens is 510 g/mol. The van der Waals surface area contributed by atoms with Crippen LogP contribution in [0.1, 0.15) is 47.2 Å². The van der Waals surface area contributed by atoms with Crippen LogP contribution >= 0.6 is 0 Å². The summed E-state index contributed by atoms with van der Waals surface area (Å²) in [6, 6.07) is 23.9. The van der Waals surface area contributed by atoms with E-state index in [-0.39, 0.29) is 28.9 Å². The first-order chi connectivity index (χ1) is 18.8. The zero-order valence-corrected chi connectivity index (χ0v) is 22.7. The first kappa shape index (κ1) is 26.6. The van der Waals surface area contributed by atoms with E-state index in [1.165, 1.54) is 5.56 Å². The molecule has 7 nitrogen and oxygen atoms in total. The average molecular weight is 542 g/mol. The lowest BCUT2D eigenvalue weighted by Gasteiger charge is -2.32. The molecule has 0 atom stereocenters. The normalized spacial score (nSPS) is 14.3. The van der Waals surface area contributed by atoms with Crippen molar-refractivity contribution in [1.82, 2.24) is 9.88 Å². The fraction of sp³-hybridized carbons (Fsp3) is 0.258. The number of carbonyl (C=O) groups excluding carboxylic acids is 2. The molecule has 39 heavy (non-hydrogen) atoms. The predicted molar refractivity (Wildman–Crippen MR) is 153 cm³/mol. The summed E-state index contributed by atoms with van der Waals surface area (Å²) in [6.45, 7) is 2.99. The molecule has 0 unspecified atom stereocenters. The van der Waals surface area contributed by atoms with Crippen molar-refractivity contribution < 1.29 is 18.0 Å². The summed E-state index contributed by atoms with van der Waals surface area (Å²) in [7, 11) is -3.26. The van der Waals surface area contributed by atoms with Crippen LogP contribution in [0, 0.1) is 0 Å². The number of hydrogen-bond donors (Lipinski definition) is 1. The van der Waals surface area contributed by atoms with Crippen LogP contribution in [0.15, 0.2) is 90.0 Å². The number of nitrogens with one attached hydrogen (secondary N) is 1. The van der Waals surface area contributed by atoms with Gasteiger partial charge in [0.1, 0.15) is 0 Å². The van der Waals surface area contributed by atoms with Crippen LogP contribution in [0.5, 0.6) is 0 Å². The minimum absolute atomic E-state index is 0.0447. The Morgan fingerprint density at radius 1 is 0.923 bits per heavy atom. The quantitative estimate of drug-likeness (QED) is 0.346. The number of nitrogens with zero attached hydrogens (tertiary/aromatic N) is 2. The molecule has 5 rings (SSSR count). The molecule has 8 heteroatoms. The summed E-state index contributed by atoms with van der Waals surface area (Å²) in [6.07, 6.45) is 3.61. The maximum absolute atomic E-state index is 13.2. The molecule has 4 aromatic rings. The van der Waals surface area contributed by atoms with Gasteiger partial charge in [0.2, 0.25) is 5.91 Å². The maximum atomic E-state index is 13.2. The molecule has 1 aliphatic rings. The van der Waals surface area contributed by atoms with Crippen LogP contribution in [0.3, 0.4) is 0 Å². The highest BCUT2D eigenvalue weighted by molar-refractivity contribution is 7.91. The number of anilines is 1. The fourth-order valence-corrected chi connectivity index (χ4v) is 5.96. The lowest BCUT2D eigenvalue weighted by atomic mass is 9.89. The highest BCUT2D eigenvalue weighted by Crippen LogP contribution is 2.30. The lowest BCUT2D eigenvalue weighted by Crippen LogP contribution is -2.38. The number of para-hydroxylation sites is 1. The molecule has 0 aliphatic carbocycles. The van der Waals surface area contributed by atoms with Crippen molar-refractivity contribution in [3.8, 4) is 0 Å². The molecule has 1 aromatic heterocycles. The summed E-state index contributed by atoms with van der Waals surface area (Å²) in [5.74, 6) is 0.283. The van der Waals surface area contributed by atoms with Crippen molar-refractivity contribution in [3.63, 3.8) is 0 Å². The molecule has 1 saturated heterocycles. The molecule has 2 heterocycles. The highest BCUT2D eigenvalue weighted by atomic mass is 32.2. The Labute approximate surface area is 228 Å². The van der Waals surface area contributed by atoms with Gasteiger partial charge in [-0.1, -0.05) is 49.4 Å². The molecule has 0 saturated carbocycles. The van der Waals surface area contributed by atoms with Gasteiger partial charge < -0.3 is 10.2 Å². The Kier molecular flexibility index (Phi) is 7.74. The smallest absolute Gasteiger partial charge is 0.254 e. The summed E-state index contributed by atoms with van der Waals surface area (Å²) in [4.78, 5) is 32.3. The number of amides is 2. The van der Waals surface area contributed by atoms with E-state index in [4.69, 9.17) is 0 Å². The molecule has 1 aliphatic heterocycles. The summed E-state index contributed by atoms with van der Waals surface area (Å²) >= 11 is 0.